The van der Waals surface area contributed by atoms with Crippen LogP contribution in [0.2, 0.25) is 0 Å². The van der Waals surface area contributed by atoms with Gasteiger partial charge in [0.2, 0.25) is 0 Å². The Morgan fingerprint density at radius 2 is 1.93 bits per heavy atom. The number of hydrogen-bond acceptors (Lipinski definition) is 2. The molecule has 1 rings (SSSR count). The molecule has 0 bridgehead atoms. The summed E-state index contributed by atoms with van der Waals surface area (Å²) in [6.07, 6.45) is 6.90. The molecule has 2 nitrogen and oxygen atoms in total. The molecule has 1 N–H and O–H groups in total. The third-order valence-electron chi connectivity index (χ3n) is 3.62. The van der Waals surface area contributed by atoms with E-state index in [2.05, 4.69) is 24.1 Å². The van der Waals surface area contributed by atoms with Crippen molar-refractivity contribution in [1.82, 2.24) is 10.2 Å². The summed E-state index contributed by atoms with van der Waals surface area (Å²) in [5.41, 5.74) is 0. The molecule has 2 heteroatoms. The van der Waals surface area contributed by atoms with Gasteiger partial charge in [0.15, 0.2) is 0 Å². The van der Waals surface area contributed by atoms with Gasteiger partial charge in [0, 0.05) is 12.6 Å². The normalized spacial score (nSPS) is 28.2. The lowest BCUT2D eigenvalue weighted by Crippen LogP contribution is -2.41. The van der Waals surface area contributed by atoms with Gasteiger partial charge >= 0.3 is 0 Å². The van der Waals surface area contributed by atoms with E-state index in [9.17, 15) is 0 Å². The smallest absolute Gasteiger partial charge is 0.00671 e. The second-order valence-electron chi connectivity index (χ2n) is 5.19. The number of nitrogens with one attached hydrogen (secondary N) is 1. The van der Waals surface area contributed by atoms with E-state index in [1.54, 1.807) is 0 Å². The molecule has 0 amide bonds. The van der Waals surface area contributed by atoms with E-state index in [1.165, 1.54) is 51.7 Å². The van der Waals surface area contributed by atoms with Crippen LogP contribution >= 0.6 is 0 Å². The fourth-order valence-electron chi connectivity index (χ4n) is 2.48. The molecule has 1 fully saturated rings. The highest BCUT2D eigenvalue weighted by Crippen LogP contribution is 2.21. The van der Waals surface area contributed by atoms with Gasteiger partial charge < -0.3 is 10.2 Å². The molecule has 90 valence electrons. The topological polar surface area (TPSA) is 15.3 Å². The lowest BCUT2D eigenvalue weighted by Gasteiger charge is -2.36. The molecule has 15 heavy (non-hydrogen) atoms. The third-order valence-corrected chi connectivity index (χ3v) is 3.62. The molecule has 0 spiro atoms. The zero-order chi connectivity index (χ0) is 11.1. The monoisotopic (exact) mass is 212 g/mol. The molecule has 0 aromatic carbocycles. The summed E-state index contributed by atoms with van der Waals surface area (Å²) in [6.45, 7) is 8.59. The molecular weight excluding hydrogens is 184 g/mol. The predicted octanol–water partition coefficient (Wildman–Crippen LogP) is 2.50. The van der Waals surface area contributed by atoms with Crippen LogP contribution in [0, 0.1) is 5.92 Å². The van der Waals surface area contributed by atoms with E-state index in [4.69, 9.17) is 0 Å². The van der Waals surface area contributed by atoms with E-state index in [-0.39, 0.29) is 0 Å². The van der Waals surface area contributed by atoms with Crippen LogP contribution in [0.5, 0.6) is 0 Å². The largest absolute Gasteiger partial charge is 0.320 e. The molecule has 0 aromatic heterocycles. The Labute approximate surface area is 95.4 Å². The Hall–Kier alpha value is -0.0800. The first-order chi connectivity index (χ1) is 7.24. The van der Waals surface area contributed by atoms with E-state index < -0.39 is 0 Å². The van der Waals surface area contributed by atoms with Crippen molar-refractivity contribution in [2.24, 2.45) is 5.92 Å². The summed E-state index contributed by atoms with van der Waals surface area (Å²) in [5.74, 6) is 0.915. The molecule has 1 saturated heterocycles. The van der Waals surface area contributed by atoms with Gasteiger partial charge in [-0.1, -0.05) is 13.3 Å². The molecule has 1 aliphatic rings. The molecule has 1 aliphatic heterocycles. The minimum Gasteiger partial charge on any atom is -0.320 e. The Kier molecular flexibility index (Phi) is 6.26. The maximum absolute atomic E-state index is 3.21. The average molecular weight is 212 g/mol. The first-order valence-corrected chi connectivity index (χ1v) is 6.62. The molecule has 0 aromatic rings. The van der Waals surface area contributed by atoms with Crippen LogP contribution in [-0.2, 0) is 0 Å². The first-order valence-electron chi connectivity index (χ1n) is 6.62. The standard InChI is InChI=1S/C13H28N2/c1-12-7-8-13(2)15(11-12)10-6-4-5-9-14-3/h12-14H,4-11H2,1-3H3. The maximum atomic E-state index is 3.21. The molecule has 0 saturated carbocycles. The molecule has 2 atom stereocenters. The van der Waals surface area contributed by atoms with Crippen LogP contribution in [0.1, 0.15) is 46.0 Å². The highest BCUT2D eigenvalue weighted by atomic mass is 15.2. The summed E-state index contributed by atoms with van der Waals surface area (Å²) in [4.78, 5) is 2.69. The van der Waals surface area contributed by atoms with Crippen LogP contribution in [-0.4, -0.2) is 37.6 Å². The number of piperidine rings is 1. The van der Waals surface area contributed by atoms with Crippen LogP contribution in [0.15, 0.2) is 0 Å². The second kappa shape index (κ2) is 7.24. The summed E-state index contributed by atoms with van der Waals surface area (Å²) in [6, 6.07) is 0.825. The van der Waals surface area contributed by atoms with Crippen molar-refractivity contribution in [2.45, 2.75) is 52.0 Å². The van der Waals surface area contributed by atoms with Gasteiger partial charge in [0.05, 0.1) is 0 Å². The quantitative estimate of drug-likeness (QED) is 0.681. The molecule has 2 unspecified atom stereocenters. The van der Waals surface area contributed by atoms with Gasteiger partial charge in [-0.15, -0.1) is 0 Å². The van der Waals surface area contributed by atoms with Gasteiger partial charge in [0.1, 0.15) is 0 Å². The van der Waals surface area contributed by atoms with E-state index in [0.717, 1.165) is 12.0 Å². The highest BCUT2D eigenvalue weighted by molar-refractivity contribution is 4.76. The summed E-state index contributed by atoms with van der Waals surface area (Å²) in [7, 11) is 2.04. The van der Waals surface area contributed by atoms with E-state index in [1.807, 2.05) is 7.05 Å². The van der Waals surface area contributed by atoms with Gasteiger partial charge in [-0.25, -0.2) is 0 Å². The zero-order valence-corrected chi connectivity index (χ0v) is 10.8. The van der Waals surface area contributed by atoms with Crippen molar-refractivity contribution >= 4 is 0 Å². The lowest BCUT2D eigenvalue weighted by atomic mass is 9.95. The van der Waals surface area contributed by atoms with E-state index in [0.29, 0.717) is 0 Å². The van der Waals surface area contributed by atoms with Gasteiger partial charge in [-0.05, 0) is 58.7 Å². The van der Waals surface area contributed by atoms with Crippen molar-refractivity contribution in [1.29, 1.82) is 0 Å². The molecular formula is C13H28N2. The van der Waals surface area contributed by atoms with Crippen molar-refractivity contribution in [3.63, 3.8) is 0 Å². The number of rotatable bonds is 6. The fourth-order valence-corrected chi connectivity index (χ4v) is 2.48. The van der Waals surface area contributed by atoms with E-state index >= 15 is 0 Å². The Morgan fingerprint density at radius 1 is 1.13 bits per heavy atom. The summed E-state index contributed by atoms with van der Waals surface area (Å²) >= 11 is 0. The first kappa shape index (κ1) is 13.0. The zero-order valence-electron chi connectivity index (χ0n) is 10.8. The number of unbranched alkanes of at least 4 members (excludes halogenated alkanes) is 2. The number of nitrogens with zero attached hydrogens (tertiary/aromatic N) is 1. The highest BCUT2D eigenvalue weighted by Gasteiger charge is 2.21. The number of hydrogen-bond donors (Lipinski definition) is 1. The van der Waals surface area contributed by atoms with Crippen LogP contribution in [0.3, 0.4) is 0 Å². The Morgan fingerprint density at radius 3 is 2.67 bits per heavy atom. The molecule has 0 aliphatic carbocycles. The van der Waals surface area contributed by atoms with Crippen molar-refractivity contribution < 1.29 is 0 Å². The van der Waals surface area contributed by atoms with Gasteiger partial charge in [-0.2, -0.15) is 0 Å². The molecule has 1 heterocycles. The fraction of sp³-hybridized carbons (Fsp3) is 1.00. The molecule has 0 radical (unpaired) electrons. The van der Waals surface area contributed by atoms with Crippen molar-refractivity contribution in [3.8, 4) is 0 Å². The van der Waals surface area contributed by atoms with Crippen LogP contribution in [0.4, 0.5) is 0 Å². The van der Waals surface area contributed by atoms with Crippen molar-refractivity contribution in [2.75, 3.05) is 26.7 Å². The van der Waals surface area contributed by atoms with Crippen LogP contribution < -0.4 is 5.32 Å². The second-order valence-corrected chi connectivity index (χ2v) is 5.19. The maximum Gasteiger partial charge on any atom is 0.00671 e. The summed E-state index contributed by atoms with van der Waals surface area (Å²) in [5, 5.41) is 3.21. The number of likely N-dealkylation sites (tertiary alicyclic amines) is 1. The Balaban J connectivity index is 2.08. The predicted molar refractivity (Wildman–Crippen MR) is 67.2 cm³/mol. The lowest BCUT2D eigenvalue weighted by molar-refractivity contribution is 0.122. The summed E-state index contributed by atoms with van der Waals surface area (Å²) < 4.78 is 0. The van der Waals surface area contributed by atoms with Crippen molar-refractivity contribution in [3.05, 3.63) is 0 Å². The van der Waals surface area contributed by atoms with Gasteiger partial charge in [0.25, 0.3) is 0 Å². The van der Waals surface area contributed by atoms with Crippen LogP contribution in [0.25, 0.3) is 0 Å². The van der Waals surface area contributed by atoms with Gasteiger partial charge in [-0.3, -0.25) is 0 Å². The average Bonchev–Trinajstić information content (AvgIpc) is 2.23. The Bertz CT molecular complexity index is 159. The minimum absolute atomic E-state index is 0.825. The third kappa shape index (κ3) is 4.98. The SMILES string of the molecule is CNCCCCCN1CC(C)CCC1C. The minimum atomic E-state index is 0.825.